The van der Waals surface area contributed by atoms with Gasteiger partial charge in [0.2, 0.25) is 0 Å². The quantitative estimate of drug-likeness (QED) is 0.608. The molecule has 30 heavy (non-hydrogen) atoms. The molecule has 1 aromatic carbocycles. The van der Waals surface area contributed by atoms with Crippen molar-refractivity contribution in [1.82, 2.24) is 20.2 Å². The van der Waals surface area contributed by atoms with Crippen LogP contribution in [0.1, 0.15) is 27.7 Å². The van der Waals surface area contributed by atoms with Gasteiger partial charge in [-0.05, 0) is 23.8 Å². The van der Waals surface area contributed by atoms with Crippen LogP contribution in [0.5, 0.6) is 0 Å². The number of ether oxygens (including phenoxy) is 2. The summed E-state index contributed by atoms with van der Waals surface area (Å²) in [5.41, 5.74) is 3.35. The minimum atomic E-state index is -0.189. The summed E-state index contributed by atoms with van der Waals surface area (Å²) in [6.45, 7) is 3.92. The van der Waals surface area contributed by atoms with Gasteiger partial charge in [-0.2, -0.15) is 0 Å². The van der Waals surface area contributed by atoms with Gasteiger partial charge in [-0.15, -0.1) is 0 Å². The van der Waals surface area contributed by atoms with E-state index in [2.05, 4.69) is 21.3 Å². The minimum absolute atomic E-state index is 0.130. The fourth-order valence-corrected chi connectivity index (χ4v) is 3.69. The van der Waals surface area contributed by atoms with E-state index in [1.165, 1.54) is 5.56 Å². The average molecular weight is 406 g/mol. The number of nitrogens with one attached hydrogen (secondary N) is 1. The molecule has 1 saturated heterocycles. The summed E-state index contributed by atoms with van der Waals surface area (Å²) in [6.07, 6.45) is 3.48. The van der Waals surface area contributed by atoms with E-state index >= 15 is 0 Å². The molecule has 3 aromatic rings. The van der Waals surface area contributed by atoms with E-state index in [0.717, 1.165) is 29.7 Å². The smallest absolute Gasteiger partial charge is 0.252 e. The monoisotopic (exact) mass is 406 g/mol. The summed E-state index contributed by atoms with van der Waals surface area (Å²) in [5.74, 6) is -0.130. The standard InChI is InChI=1S/C23H26N4O3/c1-29-11-9-25-23(28)19-13-21(26-20-7-3-2-6-18(19)20)22-16-27(10-12-30-22)15-17-5-4-8-24-14-17/h2-8,13-14,22H,9-12,15-16H2,1H3,(H,25,28)/t22-/m1/s1. The fraction of sp³-hybridized carbons (Fsp3) is 0.348. The summed E-state index contributed by atoms with van der Waals surface area (Å²) in [6, 6.07) is 13.6. The number of hydrogen-bond acceptors (Lipinski definition) is 6. The fourth-order valence-electron chi connectivity index (χ4n) is 3.69. The summed E-state index contributed by atoms with van der Waals surface area (Å²) < 4.78 is 11.1. The van der Waals surface area contributed by atoms with Crippen LogP contribution in [-0.4, -0.2) is 60.7 Å². The van der Waals surface area contributed by atoms with Gasteiger partial charge in [0.15, 0.2) is 0 Å². The van der Waals surface area contributed by atoms with Crippen LogP contribution in [0.2, 0.25) is 0 Å². The Hall–Kier alpha value is -2.87. The lowest BCUT2D eigenvalue weighted by molar-refractivity contribution is -0.0348. The zero-order valence-electron chi connectivity index (χ0n) is 17.1. The van der Waals surface area contributed by atoms with Crippen LogP contribution in [0.15, 0.2) is 54.9 Å². The molecule has 1 atom stereocenters. The number of fused-ring (bicyclic) bond motifs is 1. The van der Waals surface area contributed by atoms with Crippen molar-refractivity contribution in [3.63, 3.8) is 0 Å². The molecule has 0 radical (unpaired) electrons. The number of methoxy groups -OCH3 is 1. The number of carbonyl (C=O) groups is 1. The van der Waals surface area contributed by atoms with E-state index in [-0.39, 0.29) is 12.0 Å². The number of carbonyl (C=O) groups excluding carboxylic acids is 1. The number of benzene rings is 1. The highest BCUT2D eigenvalue weighted by molar-refractivity contribution is 6.06. The molecule has 0 saturated carbocycles. The maximum absolute atomic E-state index is 12.8. The van der Waals surface area contributed by atoms with Crippen LogP contribution < -0.4 is 5.32 Å². The molecule has 2 aromatic heterocycles. The van der Waals surface area contributed by atoms with Crippen LogP contribution in [-0.2, 0) is 16.0 Å². The molecule has 0 bridgehead atoms. The average Bonchev–Trinajstić information content (AvgIpc) is 2.79. The highest BCUT2D eigenvalue weighted by atomic mass is 16.5. The molecule has 1 aliphatic rings. The third-order valence-electron chi connectivity index (χ3n) is 5.18. The Balaban J connectivity index is 1.57. The lowest BCUT2D eigenvalue weighted by Crippen LogP contribution is -2.38. The van der Waals surface area contributed by atoms with Crippen LogP contribution in [0.25, 0.3) is 10.9 Å². The summed E-state index contributed by atoms with van der Waals surface area (Å²) in [7, 11) is 1.61. The molecule has 7 heteroatoms. The molecule has 1 N–H and O–H groups in total. The Morgan fingerprint density at radius 3 is 3.03 bits per heavy atom. The number of rotatable bonds is 7. The largest absolute Gasteiger partial charge is 0.383 e. The first-order valence-corrected chi connectivity index (χ1v) is 10.1. The van der Waals surface area contributed by atoms with Gasteiger partial charge >= 0.3 is 0 Å². The number of amides is 1. The van der Waals surface area contributed by atoms with Gasteiger partial charge in [-0.25, -0.2) is 4.98 Å². The van der Waals surface area contributed by atoms with E-state index in [1.807, 2.05) is 42.6 Å². The van der Waals surface area contributed by atoms with Gasteiger partial charge in [0.25, 0.3) is 5.91 Å². The number of morpholine rings is 1. The third kappa shape index (κ3) is 4.81. The Labute approximate surface area is 176 Å². The Bertz CT molecular complexity index is 996. The Morgan fingerprint density at radius 1 is 1.30 bits per heavy atom. The van der Waals surface area contributed by atoms with Crippen molar-refractivity contribution >= 4 is 16.8 Å². The highest BCUT2D eigenvalue weighted by Crippen LogP contribution is 2.26. The Morgan fingerprint density at radius 2 is 2.20 bits per heavy atom. The molecule has 7 nitrogen and oxygen atoms in total. The molecule has 156 valence electrons. The summed E-state index contributed by atoms with van der Waals surface area (Å²) in [4.78, 5) is 24.2. The molecule has 0 unspecified atom stereocenters. The number of nitrogens with zero attached hydrogens (tertiary/aromatic N) is 3. The second-order valence-electron chi connectivity index (χ2n) is 7.32. The predicted octanol–water partition coefficient (Wildman–Crippen LogP) is 2.58. The van der Waals surface area contributed by atoms with Gasteiger partial charge in [0, 0.05) is 51.1 Å². The zero-order chi connectivity index (χ0) is 20.8. The first-order valence-electron chi connectivity index (χ1n) is 10.1. The Kier molecular flexibility index (Phi) is 6.63. The summed E-state index contributed by atoms with van der Waals surface area (Å²) >= 11 is 0. The van der Waals surface area contributed by atoms with Gasteiger partial charge in [-0.1, -0.05) is 24.3 Å². The van der Waals surface area contributed by atoms with E-state index in [4.69, 9.17) is 14.5 Å². The van der Waals surface area contributed by atoms with Crippen molar-refractivity contribution < 1.29 is 14.3 Å². The van der Waals surface area contributed by atoms with Crippen molar-refractivity contribution in [2.24, 2.45) is 0 Å². The molecular weight excluding hydrogens is 380 g/mol. The molecule has 0 spiro atoms. The number of para-hydroxylation sites is 1. The second kappa shape index (κ2) is 9.75. The highest BCUT2D eigenvalue weighted by Gasteiger charge is 2.25. The van der Waals surface area contributed by atoms with Crippen LogP contribution in [0.4, 0.5) is 0 Å². The predicted molar refractivity (Wildman–Crippen MR) is 114 cm³/mol. The molecular formula is C23H26N4O3. The first-order chi connectivity index (χ1) is 14.7. The molecule has 1 amide bonds. The van der Waals surface area contributed by atoms with Gasteiger partial charge in [0.1, 0.15) is 6.10 Å². The minimum Gasteiger partial charge on any atom is -0.383 e. The van der Waals surface area contributed by atoms with E-state index in [0.29, 0.717) is 31.9 Å². The maximum atomic E-state index is 12.8. The van der Waals surface area contributed by atoms with Gasteiger partial charge < -0.3 is 14.8 Å². The molecule has 1 aliphatic heterocycles. The zero-order valence-corrected chi connectivity index (χ0v) is 17.1. The van der Waals surface area contributed by atoms with Crippen molar-refractivity contribution in [1.29, 1.82) is 0 Å². The van der Waals surface area contributed by atoms with Crippen LogP contribution in [0, 0.1) is 0 Å². The lowest BCUT2D eigenvalue weighted by atomic mass is 10.0. The number of pyridine rings is 2. The van der Waals surface area contributed by atoms with Crippen molar-refractivity contribution in [3.8, 4) is 0 Å². The molecule has 4 rings (SSSR count). The van der Waals surface area contributed by atoms with Crippen LogP contribution >= 0.6 is 0 Å². The lowest BCUT2D eigenvalue weighted by Gasteiger charge is -2.32. The van der Waals surface area contributed by atoms with Crippen LogP contribution in [0.3, 0.4) is 0 Å². The normalized spacial score (nSPS) is 17.2. The van der Waals surface area contributed by atoms with Gasteiger partial charge in [0.05, 0.1) is 30.0 Å². The van der Waals surface area contributed by atoms with Crippen molar-refractivity contribution in [2.45, 2.75) is 12.6 Å². The third-order valence-corrected chi connectivity index (χ3v) is 5.18. The second-order valence-corrected chi connectivity index (χ2v) is 7.32. The molecule has 0 aliphatic carbocycles. The number of aromatic nitrogens is 2. The maximum Gasteiger partial charge on any atom is 0.252 e. The number of hydrogen-bond donors (Lipinski definition) is 1. The molecule has 3 heterocycles. The van der Waals surface area contributed by atoms with Gasteiger partial charge in [-0.3, -0.25) is 14.7 Å². The van der Waals surface area contributed by atoms with Crippen molar-refractivity contribution in [2.75, 3.05) is 40.0 Å². The van der Waals surface area contributed by atoms with E-state index < -0.39 is 0 Å². The van der Waals surface area contributed by atoms with E-state index in [1.54, 1.807) is 13.3 Å². The van der Waals surface area contributed by atoms with Crippen molar-refractivity contribution in [3.05, 3.63) is 71.7 Å². The molecule has 1 fully saturated rings. The first kappa shape index (κ1) is 20.4. The topological polar surface area (TPSA) is 76.6 Å². The summed E-state index contributed by atoms with van der Waals surface area (Å²) in [5, 5.41) is 3.75. The van der Waals surface area contributed by atoms with E-state index in [9.17, 15) is 4.79 Å². The SMILES string of the molecule is COCCNC(=O)c1cc([C@H]2CN(Cc3cccnc3)CCO2)nc2ccccc12.